The van der Waals surface area contributed by atoms with Gasteiger partial charge >= 0.3 is 4.87 Å². The van der Waals surface area contributed by atoms with Gasteiger partial charge in [-0.2, -0.15) is 9.50 Å². The van der Waals surface area contributed by atoms with Gasteiger partial charge in [-0.1, -0.05) is 11.3 Å². The summed E-state index contributed by atoms with van der Waals surface area (Å²) in [6.07, 6.45) is 3.24. The second-order valence-electron chi connectivity index (χ2n) is 8.57. The van der Waals surface area contributed by atoms with Crippen LogP contribution in [0.2, 0.25) is 0 Å². The van der Waals surface area contributed by atoms with Crippen LogP contribution in [0, 0.1) is 0 Å². The number of nitrogens with two attached hydrogens (primary N) is 1. The van der Waals surface area contributed by atoms with Gasteiger partial charge in [-0.05, 0) is 47.6 Å². The standard InChI is InChI=1S/C23H24N8O3S2/c1-36(33)16-6-4-15(5-7-16)29-11-8-28(9-12-29)10-13-30-20-18(35-23(30)32)21-25-19(17-3-2-14-34-17)27-31(21)22(24)26-20/h2-7,14H,8-13H2,1H3,(H2,24,26). The van der Waals surface area contributed by atoms with Crippen LogP contribution in [-0.2, 0) is 17.7 Å². The highest BCUT2D eigenvalue weighted by molar-refractivity contribution is 7.90. The first-order valence-corrected chi connectivity index (χ1v) is 13.9. The molecule has 5 heterocycles. The van der Waals surface area contributed by atoms with E-state index >= 15 is 0 Å². The number of benzene rings is 1. The van der Waals surface area contributed by atoms with Crippen LogP contribution in [0.3, 0.4) is 0 Å². The molecule has 0 aliphatic carbocycles. The summed E-state index contributed by atoms with van der Waals surface area (Å²) in [6.45, 7) is 4.77. The van der Waals surface area contributed by atoms with Crippen molar-refractivity contribution in [1.29, 1.82) is 0 Å². The zero-order chi connectivity index (χ0) is 24.8. The Morgan fingerprint density at radius 3 is 2.56 bits per heavy atom. The fourth-order valence-corrected chi connectivity index (χ4v) is 5.91. The largest absolute Gasteiger partial charge is 0.612 e. The van der Waals surface area contributed by atoms with Crippen LogP contribution in [-0.4, -0.2) is 72.6 Å². The fourth-order valence-electron chi connectivity index (χ4n) is 4.46. The normalized spacial score (nSPS) is 15.8. The molecule has 1 fully saturated rings. The molecule has 0 bridgehead atoms. The number of thiazole rings is 1. The molecule has 0 radical (unpaired) electrons. The summed E-state index contributed by atoms with van der Waals surface area (Å²) in [4.78, 5) is 27.3. The van der Waals surface area contributed by atoms with Gasteiger partial charge in [0.1, 0.15) is 11.0 Å². The molecule has 0 spiro atoms. The van der Waals surface area contributed by atoms with E-state index in [9.17, 15) is 9.35 Å². The van der Waals surface area contributed by atoms with Crippen molar-refractivity contribution in [2.45, 2.75) is 11.4 Å². The minimum Gasteiger partial charge on any atom is -0.612 e. The summed E-state index contributed by atoms with van der Waals surface area (Å²) in [7, 11) is 0. The number of rotatable bonds is 6. The monoisotopic (exact) mass is 524 g/mol. The van der Waals surface area contributed by atoms with Crippen molar-refractivity contribution in [1.82, 2.24) is 29.0 Å². The van der Waals surface area contributed by atoms with Crippen molar-refractivity contribution in [3.05, 3.63) is 52.3 Å². The lowest BCUT2D eigenvalue weighted by Crippen LogP contribution is -2.47. The van der Waals surface area contributed by atoms with E-state index < -0.39 is 11.2 Å². The molecule has 1 aliphatic heterocycles. The molecule has 36 heavy (non-hydrogen) atoms. The van der Waals surface area contributed by atoms with Gasteiger partial charge < -0.3 is 19.6 Å². The van der Waals surface area contributed by atoms with E-state index in [-0.39, 0.29) is 10.8 Å². The quantitative estimate of drug-likeness (QED) is 0.331. The summed E-state index contributed by atoms with van der Waals surface area (Å²) >= 11 is 0.129. The summed E-state index contributed by atoms with van der Waals surface area (Å²) in [6, 6.07) is 11.4. The molecule has 0 saturated carbocycles. The maximum atomic E-state index is 12.9. The van der Waals surface area contributed by atoms with E-state index in [0.29, 0.717) is 34.1 Å². The number of fused-ring (bicyclic) bond motifs is 3. The number of hydrogen-bond acceptors (Lipinski definition) is 10. The molecule has 1 aliphatic rings. The Bertz CT molecular complexity index is 1570. The molecular weight excluding hydrogens is 500 g/mol. The third-order valence-corrected chi connectivity index (χ3v) is 8.30. The van der Waals surface area contributed by atoms with Crippen LogP contribution >= 0.6 is 11.3 Å². The van der Waals surface area contributed by atoms with E-state index in [1.807, 2.05) is 24.3 Å². The number of aromatic nitrogens is 5. The Kier molecular flexibility index (Phi) is 5.91. The van der Waals surface area contributed by atoms with Gasteiger partial charge in [0, 0.05) is 45.0 Å². The van der Waals surface area contributed by atoms with Crippen molar-refractivity contribution in [2.24, 2.45) is 0 Å². The Labute approximate surface area is 213 Å². The molecule has 1 saturated heterocycles. The lowest BCUT2D eigenvalue weighted by atomic mass is 10.2. The van der Waals surface area contributed by atoms with E-state index in [4.69, 9.17) is 10.2 Å². The number of anilines is 2. The van der Waals surface area contributed by atoms with Crippen molar-refractivity contribution in [2.75, 3.05) is 49.6 Å². The Morgan fingerprint density at radius 1 is 1.08 bits per heavy atom. The molecule has 13 heteroatoms. The Morgan fingerprint density at radius 2 is 1.86 bits per heavy atom. The van der Waals surface area contributed by atoms with Crippen molar-refractivity contribution >= 4 is 50.1 Å². The summed E-state index contributed by atoms with van der Waals surface area (Å²) in [5.41, 5.74) is 8.34. The van der Waals surface area contributed by atoms with Crippen molar-refractivity contribution in [3.8, 4) is 11.6 Å². The number of piperazine rings is 1. The molecule has 1 atom stereocenters. The van der Waals surface area contributed by atoms with Gasteiger partial charge in [0.2, 0.25) is 11.8 Å². The smallest absolute Gasteiger partial charge is 0.309 e. The minimum atomic E-state index is -0.973. The Hall–Kier alpha value is -3.39. The van der Waals surface area contributed by atoms with Crippen LogP contribution in [0.1, 0.15) is 0 Å². The van der Waals surface area contributed by atoms with Gasteiger partial charge in [-0.3, -0.25) is 14.3 Å². The summed E-state index contributed by atoms with van der Waals surface area (Å²) in [5.74, 6) is 1.08. The van der Waals surface area contributed by atoms with E-state index in [0.717, 1.165) is 54.6 Å². The maximum Gasteiger partial charge on any atom is 0.309 e. The molecule has 6 rings (SSSR count). The zero-order valence-electron chi connectivity index (χ0n) is 19.5. The van der Waals surface area contributed by atoms with Crippen LogP contribution in [0.5, 0.6) is 0 Å². The molecular formula is C23H24N8O3S2. The van der Waals surface area contributed by atoms with Crippen LogP contribution in [0.25, 0.3) is 27.6 Å². The second kappa shape index (κ2) is 9.24. The zero-order valence-corrected chi connectivity index (χ0v) is 21.2. The average Bonchev–Trinajstić information content (AvgIpc) is 3.63. The van der Waals surface area contributed by atoms with Gasteiger partial charge in [-0.15, -0.1) is 5.10 Å². The predicted molar refractivity (Wildman–Crippen MR) is 140 cm³/mol. The number of nitrogens with zero attached hydrogens (tertiary/aromatic N) is 7. The highest BCUT2D eigenvalue weighted by Gasteiger charge is 2.21. The minimum absolute atomic E-state index is 0.0976. The molecule has 1 unspecified atom stereocenters. The molecule has 11 nitrogen and oxygen atoms in total. The second-order valence-corrected chi connectivity index (χ2v) is 10.9. The lowest BCUT2D eigenvalue weighted by Gasteiger charge is -2.36. The van der Waals surface area contributed by atoms with Crippen molar-refractivity contribution in [3.63, 3.8) is 0 Å². The SMILES string of the molecule is C[S+]([O-])c1ccc(N2CCN(CCn3c(=O)sc4c3nc(N)n3nc(-c5ccco5)nc43)CC2)cc1. The third kappa shape index (κ3) is 4.13. The number of nitrogen functional groups attached to an aromatic ring is 1. The van der Waals surface area contributed by atoms with Crippen LogP contribution in [0.4, 0.5) is 11.6 Å². The van der Waals surface area contributed by atoms with Crippen molar-refractivity contribution < 1.29 is 8.97 Å². The highest BCUT2D eigenvalue weighted by atomic mass is 32.2. The molecule has 4 aromatic heterocycles. The van der Waals surface area contributed by atoms with Gasteiger partial charge in [0.15, 0.2) is 22.0 Å². The first kappa shape index (κ1) is 23.0. The topological polar surface area (TPSA) is 134 Å². The van der Waals surface area contributed by atoms with E-state index in [1.165, 1.54) is 4.52 Å². The lowest BCUT2D eigenvalue weighted by molar-refractivity contribution is 0.248. The average molecular weight is 525 g/mol. The molecule has 0 amide bonds. The molecule has 2 N–H and O–H groups in total. The van der Waals surface area contributed by atoms with E-state index in [2.05, 4.69) is 24.9 Å². The Balaban J connectivity index is 1.17. The fraction of sp³-hybridized carbons (Fsp3) is 0.304. The van der Waals surface area contributed by atoms with Crippen LogP contribution < -0.4 is 15.5 Å². The third-order valence-electron chi connectivity index (χ3n) is 6.40. The van der Waals surface area contributed by atoms with Gasteiger partial charge in [0.25, 0.3) is 0 Å². The molecule has 1 aromatic carbocycles. The maximum absolute atomic E-state index is 12.9. The molecule has 5 aromatic rings. The number of furan rings is 1. The summed E-state index contributed by atoms with van der Waals surface area (Å²) in [5, 5.41) is 4.40. The van der Waals surface area contributed by atoms with E-state index in [1.54, 1.807) is 29.2 Å². The highest BCUT2D eigenvalue weighted by Crippen LogP contribution is 2.26. The molecule has 186 valence electrons. The predicted octanol–water partition coefficient (Wildman–Crippen LogP) is 1.90. The summed E-state index contributed by atoms with van der Waals surface area (Å²) < 4.78 is 20.8. The first-order valence-electron chi connectivity index (χ1n) is 11.5. The van der Waals surface area contributed by atoms with Crippen LogP contribution in [0.15, 0.2) is 56.8 Å². The van der Waals surface area contributed by atoms with Gasteiger partial charge in [0.05, 0.1) is 6.26 Å². The number of hydrogen-bond donors (Lipinski definition) is 1. The van der Waals surface area contributed by atoms with Gasteiger partial charge in [-0.25, -0.2) is 4.98 Å². The first-order chi connectivity index (χ1) is 17.5.